The summed E-state index contributed by atoms with van der Waals surface area (Å²) in [6, 6.07) is 6.37. The van der Waals surface area contributed by atoms with Crippen LogP contribution >= 0.6 is 12.2 Å². The van der Waals surface area contributed by atoms with E-state index in [1.807, 2.05) is 0 Å². The lowest BCUT2D eigenvalue weighted by molar-refractivity contribution is -0.123. The lowest BCUT2D eigenvalue weighted by atomic mass is 9.93. The van der Waals surface area contributed by atoms with Gasteiger partial charge in [-0.05, 0) is 49.7 Å². The molecule has 108 valence electrons. The van der Waals surface area contributed by atoms with Crippen LogP contribution in [0.4, 0.5) is 8.78 Å². The second kappa shape index (κ2) is 5.70. The zero-order chi connectivity index (χ0) is 14.8. The minimum absolute atomic E-state index is 0.118. The molecule has 1 heterocycles. The van der Waals surface area contributed by atoms with Gasteiger partial charge in [0.2, 0.25) is 0 Å². The van der Waals surface area contributed by atoms with E-state index >= 15 is 0 Å². The largest absolute Gasteiger partial charge is 0.435 e. The van der Waals surface area contributed by atoms with Crippen molar-refractivity contribution < 1.29 is 18.3 Å². The van der Waals surface area contributed by atoms with Gasteiger partial charge in [-0.25, -0.2) is 0 Å². The molecule has 1 unspecified atom stereocenters. The number of ether oxygens (including phenoxy) is 1. The molecule has 7 heteroatoms. The van der Waals surface area contributed by atoms with Crippen molar-refractivity contribution in [2.75, 3.05) is 0 Å². The minimum Gasteiger partial charge on any atom is -0.435 e. The molecule has 20 heavy (non-hydrogen) atoms. The molecule has 1 saturated heterocycles. The smallest absolute Gasteiger partial charge is 0.387 e. The van der Waals surface area contributed by atoms with Gasteiger partial charge in [-0.3, -0.25) is 4.79 Å². The maximum atomic E-state index is 12.0. The summed E-state index contributed by atoms with van der Waals surface area (Å²) < 4.78 is 28.3. The zero-order valence-corrected chi connectivity index (χ0v) is 11.6. The van der Waals surface area contributed by atoms with E-state index in [4.69, 9.17) is 12.2 Å². The van der Waals surface area contributed by atoms with Crippen molar-refractivity contribution in [2.45, 2.75) is 31.9 Å². The first-order valence-electron chi connectivity index (χ1n) is 6.06. The normalized spacial score (nSPS) is 21.8. The molecule has 0 bridgehead atoms. The van der Waals surface area contributed by atoms with Crippen LogP contribution in [0.15, 0.2) is 24.3 Å². The Kier molecular flexibility index (Phi) is 4.17. The Bertz CT molecular complexity index is 522. The molecule has 2 N–H and O–H groups in total. The van der Waals surface area contributed by atoms with Gasteiger partial charge in [0, 0.05) is 0 Å². The third-order valence-electron chi connectivity index (χ3n) is 3.18. The quantitative estimate of drug-likeness (QED) is 0.817. The molecule has 1 aromatic carbocycles. The molecule has 0 aromatic heterocycles. The van der Waals surface area contributed by atoms with Gasteiger partial charge in [0.15, 0.2) is 5.11 Å². The number of amides is 1. The van der Waals surface area contributed by atoms with Crippen molar-refractivity contribution in [2.24, 2.45) is 0 Å². The SMILES string of the molecule is CC1(CCc2ccc(OC(F)F)cc2)NC(=S)NC1=O. The predicted octanol–water partition coefficient (Wildman–Crippen LogP) is 1.98. The number of alkyl halides is 2. The Morgan fingerprint density at radius 2 is 2.00 bits per heavy atom. The number of carbonyl (C=O) groups excluding carboxylic acids is 1. The van der Waals surface area contributed by atoms with Crippen molar-refractivity contribution in [3.8, 4) is 5.75 Å². The molecule has 1 amide bonds. The topological polar surface area (TPSA) is 50.4 Å². The van der Waals surface area contributed by atoms with Crippen LogP contribution in [0, 0.1) is 0 Å². The van der Waals surface area contributed by atoms with Gasteiger partial charge in [-0.15, -0.1) is 0 Å². The van der Waals surface area contributed by atoms with Crippen LogP contribution in [0.3, 0.4) is 0 Å². The van der Waals surface area contributed by atoms with E-state index in [0.717, 1.165) is 5.56 Å². The molecule has 4 nitrogen and oxygen atoms in total. The van der Waals surface area contributed by atoms with E-state index < -0.39 is 12.2 Å². The highest BCUT2D eigenvalue weighted by atomic mass is 32.1. The van der Waals surface area contributed by atoms with Crippen LogP contribution in [0.5, 0.6) is 5.75 Å². The van der Waals surface area contributed by atoms with Crippen LogP contribution in [-0.2, 0) is 11.2 Å². The van der Waals surface area contributed by atoms with Crippen LogP contribution in [-0.4, -0.2) is 23.2 Å². The standard InChI is InChI=1S/C13H14F2N2O2S/c1-13(10(18)16-12(20)17-13)7-6-8-2-4-9(5-3-8)19-11(14)15/h2-5,11H,6-7H2,1H3,(H2,16,17,18,20). The fourth-order valence-electron chi connectivity index (χ4n) is 1.99. The first kappa shape index (κ1) is 14.6. The summed E-state index contributed by atoms with van der Waals surface area (Å²) >= 11 is 4.90. The first-order chi connectivity index (χ1) is 9.39. The minimum atomic E-state index is -2.83. The molecule has 1 fully saturated rings. The van der Waals surface area contributed by atoms with Crippen LogP contribution in [0.1, 0.15) is 18.9 Å². The van der Waals surface area contributed by atoms with E-state index in [9.17, 15) is 13.6 Å². The summed E-state index contributed by atoms with van der Waals surface area (Å²) in [4.78, 5) is 11.7. The fourth-order valence-corrected chi connectivity index (χ4v) is 2.31. The highest BCUT2D eigenvalue weighted by Crippen LogP contribution is 2.20. The van der Waals surface area contributed by atoms with Gasteiger partial charge >= 0.3 is 6.61 Å². The molecule has 1 aromatic rings. The molecule has 1 aliphatic heterocycles. The monoisotopic (exact) mass is 300 g/mol. The number of halogens is 2. The van der Waals surface area contributed by atoms with Crippen molar-refractivity contribution in [3.63, 3.8) is 0 Å². The van der Waals surface area contributed by atoms with E-state index in [2.05, 4.69) is 15.4 Å². The lowest BCUT2D eigenvalue weighted by Crippen LogP contribution is -2.43. The van der Waals surface area contributed by atoms with Crippen molar-refractivity contribution in [3.05, 3.63) is 29.8 Å². The second-order valence-corrected chi connectivity index (χ2v) is 5.17. The number of hydrogen-bond donors (Lipinski definition) is 2. The number of thiocarbonyl (C=S) groups is 1. The number of nitrogens with one attached hydrogen (secondary N) is 2. The van der Waals surface area contributed by atoms with Crippen LogP contribution < -0.4 is 15.4 Å². The lowest BCUT2D eigenvalue weighted by Gasteiger charge is -2.20. The van der Waals surface area contributed by atoms with Gasteiger partial charge in [-0.2, -0.15) is 8.78 Å². The molecule has 0 aliphatic carbocycles. The summed E-state index contributed by atoms with van der Waals surface area (Å²) in [5, 5.41) is 5.82. The summed E-state index contributed by atoms with van der Waals surface area (Å²) in [6.07, 6.45) is 1.17. The van der Waals surface area contributed by atoms with Crippen LogP contribution in [0.25, 0.3) is 0 Å². The molecule has 1 atom stereocenters. The summed E-state index contributed by atoms with van der Waals surface area (Å²) in [6.45, 7) is -1.05. The van der Waals surface area contributed by atoms with Gasteiger partial charge in [0.25, 0.3) is 5.91 Å². The summed E-state index contributed by atoms with van der Waals surface area (Å²) in [5.74, 6) is -0.0342. The number of benzene rings is 1. The number of carbonyl (C=O) groups is 1. The fraction of sp³-hybridized carbons (Fsp3) is 0.385. The van der Waals surface area contributed by atoms with Gasteiger partial charge in [0.05, 0.1) is 0 Å². The Hall–Kier alpha value is -1.76. The van der Waals surface area contributed by atoms with Gasteiger partial charge < -0.3 is 15.4 Å². The zero-order valence-electron chi connectivity index (χ0n) is 10.8. The van der Waals surface area contributed by atoms with Gasteiger partial charge in [-0.1, -0.05) is 12.1 Å². The number of hydrogen-bond acceptors (Lipinski definition) is 3. The highest BCUT2D eigenvalue weighted by Gasteiger charge is 2.39. The third kappa shape index (κ3) is 3.41. The average molecular weight is 300 g/mol. The molecule has 2 rings (SSSR count). The average Bonchev–Trinajstić information content (AvgIpc) is 2.62. The molecular weight excluding hydrogens is 286 g/mol. The Labute approximate surface area is 120 Å². The van der Waals surface area contributed by atoms with Crippen LogP contribution in [0.2, 0.25) is 0 Å². The molecule has 1 aliphatic rings. The van der Waals surface area contributed by atoms with Crippen molar-refractivity contribution >= 4 is 23.2 Å². The Morgan fingerprint density at radius 1 is 1.35 bits per heavy atom. The molecule has 0 saturated carbocycles. The predicted molar refractivity (Wildman–Crippen MR) is 73.7 cm³/mol. The summed E-state index contributed by atoms with van der Waals surface area (Å²) in [5.41, 5.74) is 0.204. The number of rotatable bonds is 5. The van der Waals surface area contributed by atoms with E-state index in [-0.39, 0.29) is 11.7 Å². The van der Waals surface area contributed by atoms with E-state index in [1.165, 1.54) is 12.1 Å². The summed E-state index contributed by atoms with van der Waals surface area (Å²) in [7, 11) is 0. The molecular formula is C13H14F2N2O2S. The first-order valence-corrected chi connectivity index (χ1v) is 6.47. The maximum Gasteiger partial charge on any atom is 0.387 e. The highest BCUT2D eigenvalue weighted by molar-refractivity contribution is 7.80. The van der Waals surface area contributed by atoms with E-state index in [1.54, 1.807) is 19.1 Å². The Balaban J connectivity index is 1.94. The van der Waals surface area contributed by atoms with Gasteiger partial charge in [0.1, 0.15) is 11.3 Å². The molecule has 0 spiro atoms. The van der Waals surface area contributed by atoms with Crippen molar-refractivity contribution in [1.82, 2.24) is 10.6 Å². The Morgan fingerprint density at radius 3 is 2.50 bits per heavy atom. The second-order valence-electron chi connectivity index (χ2n) is 4.76. The number of aryl methyl sites for hydroxylation is 1. The third-order valence-corrected chi connectivity index (χ3v) is 3.38. The molecule has 0 radical (unpaired) electrons. The van der Waals surface area contributed by atoms with E-state index in [0.29, 0.717) is 18.0 Å². The maximum absolute atomic E-state index is 12.0. The van der Waals surface area contributed by atoms with Crippen molar-refractivity contribution in [1.29, 1.82) is 0 Å².